The smallest absolute Gasteiger partial charge is 0.0245 e. The highest BCUT2D eigenvalue weighted by molar-refractivity contribution is 5.26. The zero-order valence-electron chi connectivity index (χ0n) is 7.48. The lowest BCUT2D eigenvalue weighted by Gasteiger charge is -2.11. The van der Waals surface area contributed by atoms with Gasteiger partial charge in [-0.15, -0.1) is 0 Å². The maximum absolute atomic E-state index is 3.25. The van der Waals surface area contributed by atoms with E-state index >= 15 is 0 Å². The van der Waals surface area contributed by atoms with Crippen LogP contribution < -0.4 is 5.32 Å². The van der Waals surface area contributed by atoms with Gasteiger partial charge in [-0.1, -0.05) is 42.5 Å². The van der Waals surface area contributed by atoms with Gasteiger partial charge in [0.25, 0.3) is 0 Å². The minimum atomic E-state index is 0.496. The van der Waals surface area contributed by atoms with Crippen molar-refractivity contribution in [3.05, 3.63) is 60.3 Å². The molecule has 13 heavy (non-hydrogen) atoms. The summed E-state index contributed by atoms with van der Waals surface area (Å²) in [5.41, 5.74) is 1.37. The number of hydrogen-bond acceptors (Lipinski definition) is 1. The second-order valence-electron chi connectivity index (χ2n) is 3.17. The first kappa shape index (κ1) is 8.11. The van der Waals surface area contributed by atoms with Crippen LogP contribution in [0.2, 0.25) is 0 Å². The second kappa shape index (κ2) is 3.94. The molecule has 66 valence electrons. The maximum Gasteiger partial charge on any atom is 0.0245 e. The molecule has 0 fully saturated rings. The molecular formula is C12H13N. The first-order valence-corrected chi connectivity index (χ1v) is 4.58. The van der Waals surface area contributed by atoms with E-state index in [-0.39, 0.29) is 0 Å². The van der Waals surface area contributed by atoms with Gasteiger partial charge in [0.15, 0.2) is 0 Å². The lowest BCUT2D eigenvalue weighted by Crippen LogP contribution is -2.13. The Morgan fingerprint density at radius 3 is 2.77 bits per heavy atom. The SMILES string of the molecule is C1=CNCC(c2ccccc2)C=C1. The third kappa shape index (κ3) is 2.00. The molecule has 1 aliphatic heterocycles. The lowest BCUT2D eigenvalue weighted by molar-refractivity contribution is 0.761. The first-order chi connectivity index (χ1) is 6.47. The van der Waals surface area contributed by atoms with Crippen molar-refractivity contribution in [1.29, 1.82) is 0 Å². The van der Waals surface area contributed by atoms with Gasteiger partial charge in [-0.2, -0.15) is 0 Å². The standard InChI is InChI=1S/C12H13N/c1-2-6-11(7-3-1)12-8-4-5-9-13-10-12/h1-9,12-13H,10H2. The fraction of sp³-hybridized carbons (Fsp3) is 0.167. The second-order valence-corrected chi connectivity index (χ2v) is 3.17. The molecule has 1 aromatic rings. The fourth-order valence-electron chi connectivity index (χ4n) is 1.51. The molecule has 1 aliphatic rings. The molecule has 0 radical (unpaired) electrons. The average Bonchev–Trinajstić information content (AvgIpc) is 2.47. The van der Waals surface area contributed by atoms with Crippen molar-refractivity contribution >= 4 is 0 Å². The Morgan fingerprint density at radius 1 is 1.08 bits per heavy atom. The van der Waals surface area contributed by atoms with Crippen LogP contribution in [-0.2, 0) is 0 Å². The average molecular weight is 171 g/mol. The number of nitrogens with one attached hydrogen (secondary N) is 1. The summed E-state index contributed by atoms with van der Waals surface area (Å²) in [6, 6.07) is 10.6. The highest BCUT2D eigenvalue weighted by Gasteiger charge is 2.06. The molecule has 0 aromatic heterocycles. The van der Waals surface area contributed by atoms with Gasteiger partial charge in [0.05, 0.1) is 0 Å². The summed E-state index contributed by atoms with van der Waals surface area (Å²) >= 11 is 0. The molecule has 1 unspecified atom stereocenters. The summed E-state index contributed by atoms with van der Waals surface area (Å²) in [5, 5.41) is 3.25. The molecule has 0 saturated carbocycles. The predicted molar refractivity (Wildman–Crippen MR) is 55.5 cm³/mol. The Bertz CT molecular complexity index is 311. The van der Waals surface area contributed by atoms with Gasteiger partial charge < -0.3 is 5.32 Å². The van der Waals surface area contributed by atoms with Crippen LogP contribution in [0.4, 0.5) is 0 Å². The molecule has 1 N–H and O–H groups in total. The predicted octanol–water partition coefficient (Wildman–Crippen LogP) is 2.44. The van der Waals surface area contributed by atoms with E-state index in [9.17, 15) is 0 Å². The molecule has 1 heteroatoms. The highest BCUT2D eigenvalue weighted by Crippen LogP contribution is 2.16. The Hall–Kier alpha value is -1.50. The first-order valence-electron chi connectivity index (χ1n) is 4.58. The fourth-order valence-corrected chi connectivity index (χ4v) is 1.51. The van der Waals surface area contributed by atoms with Crippen molar-refractivity contribution in [3.8, 4) is 0 Å². The molecule has 0 aliphatic carbocycles. The number of allylic oxidation sites excluding steroid dienone is 2. The van der Waals surface area contributed by atoms with Crippen LogP contribution in [0.5, 0.6) is 0 Å². The van der Waals surface area contributed by atoms with Crippen LogP contribution >= 0.6 is 0 Å². The lowest BCUT2D eigenvalue weighted by atomic mass is 9.99. The molecule has 1 nitrogen and oxygen atoms in total. The van der Waals surface area contributed by atoms with E-state index in [4.69, 9.17) is 0 Å². The van der Waals surface area contributed by atoms with Gasteiger partial charge in [-0.25, -0.2) is 0 Å². The van der Waals surface area contributed by atoms with Crippen molar-refractivity contribution in [2.45, 2.75) is 5.92 Å². The monoisotopic (exact) mass is 171 g/mol. The number of hydrogen-bond donors (Lipinski definition) is 1. The molecule has 1 atom stereocenters. The van der Waals surface area contributed by atoms with Crippen LogP contribution in [0.1, 0.15) is 11.5 Å². The summed E-state index contributed by atoms with van der Waals surface area (Å²) in [4.78, 5) is 0. The number of benzene rings is 1. The van der Waals surface area contributed by atoms with Crippen LogP contribution in [0.15, 0.2) is 54.8 Å². The summed E-state index contributed by atoms with van der Waals surface area (Å²) in [6.07, 6.45) is 8.34. The van der Waals surface area contributed by atoms with Crippen molar-refractivity contribution in [2.75, 3.05) is 6.54 Å². The van der Waals surface area contributed by atoms with Gasteiger partial charge in [-0.3, -0.25) is 0 Å². The van der Waals surface area contributed by atoms with Gasteiger partial charge >= 0.3 is 0 Å². The summed E-state index contributed by atoms with van der Waals surface area (Å²) in [6.45, 7) is 0.983. The molecule has 1 aromatic carbocycles. The third-order valence-electron chi connectivity index (χ3n) is 2.23. The van der Waals surface area contributed by atoms with Crippen molar-refractivity contribution in [2.24, 2.45) is 0 Å². The molecule has 2 rings (SSSR count). The van der Waals surface area contributed by atoms with Gasteiger partial charge in [0.2, 0.25) is 0 Å². The zero-order valence-corrected chi connectivity index (χ0v) is 7.48. The van der Waals surface area contributed by atoms with E-state index in [2.05, 4.69) is 47.8 Å². The molecule has 0 amide bonds. The van der Waals surface area contributed by atoms with Crippen LogP contribution in [0.3, 0.4) is 0 Å². The van der Waals surface area contributed by atoms with E-state index in [0.717, 1.165) is 6.54 Å². The summed E-state index contributed by atoms with van der Waals surface area (Å²) in [7, 11) is 0. The topological polar surface area (TPSA) is 12.0 Å². The summed E-state index contributed by atoms with van der Waals surface area (Å²) < 4.78 is 0. The largest absolute Gasteiger partial charge is 0.390 e. The molecule has 0 bridgehead atoms. The normalized spacial score (nSPS) is 20.8. The highest BCUT2D eigenvalue weighted by atomic mass is 14.8. The van der Waals surface area contributed by atoms with Crippen molar-refractivity contribution in [3.63, 3.8) is 0 Å². The van der Waals surface area contributed by atoms with E-state index in [0.29, 0.717) is 5.92 Å². The Balaban J connectivity index is 2.18. The third-order valence-corrected chi connectivity index (χ3v) is 2.23. The Morgan fingerprint density at radius 2 is 1.92 bits per heavy atom. The van der Waals surface area contributed by atoms with E-state index in [1.165, 1.54) is 5.56 Å². The molecule has 1 heterocycles. The van der Waals surface area contributed by atoms with Crippen molar-refractivity contribution in [1.82, 2.24) is 5.32 Å². The zero-order chi connectivity index (χ0) is 8.93. The van der Waals surface area contributed by atoms with E-state index < -0.39 is 0 Å². The molecular weight excluding hydrogens is 158 g/mol. The van der Waals surface area contributed by atoms with Crippen molar-refractivity contribution < 1.29 is 0 Å². The summed E-state index contributed by atoms with van der Waals surface area (Å²) in [5.74, 6) is 0.496. The van der Waals surface area contributed by atoms with Crippen LogP contribution in [0, 0.1) is 0 Å². The van der Waals surface area contributed by atoms with Gasteiger partial charge in [-0.05, 0) is 17.8 Å². The van der Waals surface area contributed by atoms with Crippen LogP contribution in [-0.4, -0.2) is 6.54 Å². The minimum Gasteiger partial charge on any atom is -0.390 e. The Kier molecular flexibility index (Phi) is 2.46. The quantitative estimate of drug-likeness (QED) is 0.684. The van der Waals surface area contributed by atoms with Crippen LogP contribution in [0.25, 0.3) is 0 Å². The van der Waals surface area contributed by atoms with Gasteiger partial charge in [0.1, 0.15) is 0 Å². The maximum atomic E-state index is 3.25. The minimum absolute atomic E-state index is 0.496. The number of rotatable bonds is 1. The Labute approximate surface area is 78.8 Å². The van der Waals surface area contributed by atoms with E-state index in [1.54, 1.807) is 0 Å². The van der Waals surface area contributed by atoms with E-state index in [1.807, 2.05) is 12.3 Å². The molecule has 0 saturated heterocycles. The molecule has 0 spiro atoms. The van der Waals surface area contributed by atoms with Gasteiger partial charge in [0, 0.05) is 12.5 Å².